The van der Waals surface area contributed by atoms with E-state index in [9.17, 15) is 58.2 Å². The Morgan fingerprint density at radius 3 is 1.67 bits per heavy atom. The van der Waals surface area contributed by atoms with Crippen molar-refractivity contribution in [3.63, 3.8) is 0 Å². The molecule has 0 aliphatic heterocycles. The number of carbonyl (C=O) groups excluding carboxylic acids is 9. The Labute approximate surface area is 647 Å². The molecule has 4 rings (SSSR count). The number of hydrogen-bond donors (Lipinski definition) is 13. The van der Waals surface area contributed by atoms with Gasteiger partial charge in [-0.1, -0.05) is 94.8 Å². The molecule has 101 heavy (non-hydrogen) atoms. The first-order chi connectivity index (χ1) is 47.8. The van der Waals surface area contributed by atoms with Gasteiger partial charge in [0.2, 0.25) is 23.6 Å². The van der Waals surface area contributed by atoms with Gasteiger partial charge in [-0.3, -0.25) is 52.9 Å². The predicted molar refractivity (Wildman–Crippen MR) is 397 cm³/mol. The number of guanidine groups is 1. The molecule has 0 bridgehead atoms. The van der Waals surface area contributed by atoms with Crippen LogP contribution in [0.1, 0.15) is 154 Å². The zero-order valence-electron chi connectivity index (χ0n) is 60.2. The number of carbonyl (C=O) groups is 10. The van der Waals surface area contributed by atoms with Crippen molar-refractivity contribution in [1.29, 1.82) is 0 Å². The van der Waals surface area contributed by atoms with Gasteiger partial charge in [0.05, 0.1) is 42.7 Å². The summed E-state index contributed by atoms with van der Waals surface area (Å²) in [7, 11) is 6.78. The van der Waals surface area contributed by atoms with Crippen LogP contribution in [0.15, 0.2) is 90.1 Å². The number of aromatic hydroxyl groups is 1. The standard InChI is InChI=1S/C73H110N12O12S.BHP.K/c1-45(2)56(71(95)83-60(30-35-98-5)64(89)42-52(38-53-44-81-58-24-10-9-22-55(53)58)69(93)82-59(25-13-16-33-76)63(88)40-50(72(96)97)20-11-14-31-74)43-66(91)67(46(3)4)85-70(94)51(36-48-26-28-54(86)29-27-48)41-65(90)61(37-47-18-7-6-8-19-47)84-68(92)49(21-17-34-80-73(78)79)39-62(87)57(77)23-12-15-32-75;1-2;/h6-10,18-19,22,24,26-29,44-46,49-52,56-57,59-61,67,81,86H,11-17,20-21,23,25,30-43,74-77H2,1-5H3,(H,82,93)(H,83,95)(H,84,92)(H,85,94)(H,96,97)(H4,78,79,80);2H;/q;-1;+1/p+1/t49-,50+,51-,52-,56+,57+,59+,60+,61+,67+;;/m1../s1. The summed E-state index contributed by atoms with van der Waals surface area (Å²) in [6.07, 6.45) is 7.12. The van der Waals surface area contributed by atoms with Crippen molar-refractivity contribution in [3.8, 4) is 5.75 Å². The van der Waals surface area contributed by atoms with Crippen molar-refractivity contribution in [3.05, 3.63) is 102 Å². The molecule has 20 N–H and O–H groups in total. The maximum Gasteiger partial charge on any atom is 1.00 e. The van der Waals surface area contributed by atoms with Gasteiger partial charge in [0.1, 0.15) is 11.5 Å². The number of carboxylic acid groups (broad SMARTS) is 1. The fourth-order valence-electron chi connectivity index (χ4n) is 12.1. The number of fused-ring (bicyclic) bond motifs is 1. The van der Waals surface area contributed by atoms with Crippen molar-refractivity contribution in [1.82, 2.24) is 26.3 Å². The molecular weight excluding hydrogens is 1350 g/mol. The van der Waals surface area contributed by atoms with Crippen LogP contribution in [0.3, 0.4) is 0 Å². The molecule has 24 nitrogen and oxygen atoms in total. The van der Waals surface area contributed by atoms with Crippen molar-refractivity contribution < 1.29 is 115 Å². The molecule has 0 fully saturated rings. The van der Waals surface area contributed by atoms with E-state index in [1.807, 2.05) is 30.5 Å². The SMILES string of the molecule is CSCC[C@H](NC(=O)[C@@H](CC(=O)[C@@H](NC(=O)[C@@H](CC(=O)[C@H](Cc1ccccc1)NC(=O)[C@H](CCCN=C(N)N)CC(=O)[C@@H](N)CCCCN)Cc1ccc(O)cc1)C(C)C)C(C)C)C(=O)C[C@@H](Cc1c[nH]c2ccccc12)C(=O)N[C@@H](CCCCN)C(=O)C[C@H](CCCC[NH3+])C(=O)O.[B][PH-].[K+]. The minimum absolute atomic E-state index is 0. The number of thioether (sulfide) groups is 1. The van der Waals surface area contributed by atoms with Gasteiger partial charge in [0.15, 0.2) is 29.1 Å². The second kappa shape index (κ2) is 50.6. The first-order valence-corrected chi connectivity index (χ1v) is 37.0. The molecule has 0 unspecified atom stereocenters. The molecule has 4 aromatic rings. The number of unbranched alkanes of at least 4 members (excludes halogenated alkanes) is 3. The number of aromatic amines is 1. The van der Waals surface area contributed by atoms with Gasteiger partial charge < -0.3 is 80.0 Å². The Hall–Kier alpha value is -5.71. The van der Waals surface area contributed by atoms with Crippen molar-refractivity contribution in [2.24, 2.45) is 75.1 Å². The molecule has 2 radical (unpaired) electrons. The van der Waals surface area contributed by atoms with Crippen LogP contribution in [0.2, 0.25) is 0 Å². The average molecular weight is 1460 g/mol. The zero-order chi connectivity index (χ0) is 74.3. The van der Waals surface area contributed by atoms with Crippen LogP contribution in [0, 0.1) is 41.4 Å². The molecular formula is C73H112BKN12O12PS+. The topological polar surface area (TPSA) is 445 Å². The number of nitrogens with two attached hydrogens (primary N) is 5. The molecule has 3 aromatic carbocycles. The van der Waals surface area contributed by atoms with Gasteiger partial charge in [-0.25, -0.2) is 0 Å². The maximum absolute atomic E-state index is 15.0. The summed E-state index contributed by atoms with van der Waals surface area (Å²) in [6.45, 7) is 8.57. The van der Waals surface area contributed by atoms with E-state index in [0.717, 1.165) is 16.5 Å². The molecule has 10 atom stereocenters. The van der Waals surface area contributed by atoms with Crippen molar-refractivity contribution in [2.75, 3.05) is 38.2 Å². The fraction of sp³-hybridized carbons (Fsp3) is 0.575. The molecule has 550 valence electrons. The van der Waals surface area contributed by atoms with Crippen LogP contribution in [-0.4, -0.2) is 156 Å². The first-order valence-electron chi connectivity index (χ1n) is 35.0. The smallest absolute Gasteiger partial charge is 0.606 e. The quantitative estimate of drug-likeness (QED) is 0.00990. The number of H-pyrrole nitrogens is 1. The zero-order valence-corrected chi connectivity index (χ0v) is 65.1. The number of aliphatic imine (C=N–C) groups is 1. The first kappa shape index (κ1) is 91.4. The van der Waals surface area contributed by atoms with Gasteiger partial charge in [-0.05, 0) is 162 Å². The molecule has 1 heterocycles. The Morgan fingerprint density at radius 2 is 1.08 bits per heavy atom. The molecule has 1 aromatic heterocycles. The number of aliphatic carboxylic acids is 1. The van der Waals surface area contributed by atoms with Crippen LogP contribution < -0.4 is 107 Å². The van der Waals surface area contributed by atoms with E-state index in [4.69, 9.17) is 28.7 Å². The molecule has 4 amide bonds. The third-order valence-electron chi connectivity index (χ3n) is 18.1. The Bertz CT molecular complexity index is 3240. The number of nitrogens with one attached hydrogen (secondary N) is 5. The van der Waals surface area contributed by atoms with Gasteiger partial charge in [-0.2, -0.15) is 19.3 Å². The van der Waals surface area contributed by atoms with Crippen LogP contribution in [-0.2, 0) is 67.2 Å². The van der Waals surface area contributed by atoms with Gasteiger partial charge in [0.25, 0.3) is 0 Å². The maximum atomic E-state index is 15.0. The summed E-state index contributed by atoms with van der Waals surface area (Å²) in [6, 6.07) is 17.2. The number of quaternary nitrogens is 1. The number of carboxylic acids is 1. The Morgan fingerprint density at radius 1 is 0.564 bits per heavy atom. The van der Waals surface area contributed by atoms with E-state index in [-0.39, 0.29) is 146 Å². The Balaban J connectivity index is 0.0000115. The average Bonchev–Trinajstić information content (AvgIpc) is 1.75. The second-order valence-electron chi connectivity index (χ2n) is 26.6. The number of phenolic OH excluding ortho intramolecular Hbond substituents is 1. The largest absolute Gasteiger partial charge is 1.00 e. The number of benzene rings is 3. The monoisotopic (exact) mass is 1460 g/mol. The summed E-state index contributed by atoms with van der Waals surface area (Å²) in [5, 5.41) is 32.9. The molecule has 0 aliphatic rings. The summed E-state index contributed by atoms with van der Waals surface area (Å²) >= 11 is 1.45. The van der Waals surface area contributed by atoms with Crippen LogP contribution >= 0.6 is 20.9 Å². The van der Waals surface area contributed by atoms with E-state index < -0.39 is 131 Å². The van der Waals surface area contributed by atoms with E-state index in [0.29, 0.717) is 87.9 Å². The van der Waals surface area contributed by atoms with E-state index in [1.165, 1.54) is 23.9 Å². The third-order valence-corrected chi connectivity index (χ3v) is 18.7. The number of Topliss-reactive ketones (excluding diaryl/α,β-unsaturated/α-hetero) is 5. The number of hydrogen-bond acceptors (Lipinski definition) is 16. The fourth-order valence-corrected chi connectivity index (χ4v) is 12.6. The number of phenols is 1. The van der Waals surface area contributed by atoms with Crippen molar-refractivity contribution in [2.45, 2.75) is 186 Å². The summed E-state index contributed by atoms with van der Waals surface area (Å²) in [5.74, 6) is -11.6. The number of rotatable bonds is 51. The third kappa shape index (κ3) is 33.7. The van der Waals surface area contributed by atoms with E-state index >= 15 is 0 Å². The number of aromatic nitrogens is 1. The Kier molecular flexibility index (Phi) is 45.8. The van der Waals surface area contributed by atoms with Crippen molar-refractivity contribution >= 4 is 104 Å². The molecule has 0 saturated heterocycles. The summed E-state index contributed by atoms with van der Waals surface area (Å²) in [4.78, 5) is 151. The molecule has 28 heteroatoms. The normalized spacial score (nSPS) is 14.2. The second-order valence-corrected chi connectivity index (χ2v) is 27.6. The number of para-hydroxylation sites is 1. The number of nitrogens with zero attached hydrogens (tertiary/aromatic N) is 1. The van der Waals surface area contributed by atoms with Gasteiger partial charge in [0, 0.05) is 79.4 Å². The molecule has 0 saturated carbocycles. The molecule has 0 aliphatic carbocycles. The van der Waals surface area contributed by atoms with Gasteiger partial charge >= 0.3 is 57.4 Å². The number of amides is 4. The summed E-state index contributed by atoms with van der Waals surface area (Å²) < 4.78 is 0. The molecule has 0 spiro atoms. The van der Waals surface area contributed by atoms with Crippen LogP contribution in [0.5, 0.6) is 5.75 Å². The number of ketones is 5. The summed E-state index contributed by atoms with van der Waals surface area (Å²) in [5.41, 5.74) is 35.6. The predicted octanol–water partition coefficient (Wildman–Crippen LogP) is 2.14. The van der Waals surface area contributed by atoms with Crippen LogP contribution in [0.25, 0.3) is 10.9 Å². The van der Waals surface area contributed by atoms with E-state index in [2.05, 4.69) is 53.7 Å². The minimum Gasteiger partial charge on any atom is -0.606 e. The van der Waals surface area contributed by atoms with Gasteiger partial charge in [-0.15, -0.1) is 0 Å². The van der Waals surface area contributed by atoms with Crippen LogP contribution in [0.4, 0.5) is 0 Å². The minimum atomic E-state index is -1.20. The van der Waals surface area contributed by atoms with E-state index in [1.54, 1.807) is 76.4 Å².